The summed E-state index contributed by atoms with van der Waals surface area (Å²) in [5.41, 5.74) is 1.15. The number of morpholine rings is 1. The van der Waals surface area contributed by atoms with Crippen molar-refractivity contribution in [1.29, 1.82) is 0 Å². The molecule has 2 N–H and O–H groups in total. The van der Waals surface area contributed by atoms with E-state index >= 15 is 0 Å². The molecule has 2 rings (SSSR count). The van der Waals surface area contributed by atoms with Gasteiger partial charge in [0.25, 0.3) is 0 Å². The summed E-state index contributed by atoms with van der Waals surface area (Å²) in [5.74, 6) is -0.933. The Labute approximate surface area is 127 Å². The van der Waals surface area contributed by atoms with E-state index in [1.54, 1.807) is 18.2 Å². The summed E-state index contributed by atoms with van der Waals surface area (Å²) in [4.78, 5) is 13.3. The predicted molar refractivity (Wildman–Crippen MR) is 81.4 cm³/mol. The van der Waals surface area contributed by atoms with Crippen molar-refractivity contribution in [3.63, 3.8) is 0 Å². The Morgan fingerprint density at radius 3 is 3.05 bits per heavy atom. The first-order valence-corrected chi connectivity index (χ1v) is 7.50. The standard InChI is InChI=1S/C14H19BrN2O3/c1-2-17-5-6-20-11(9-17)8-16-10-3-4-12(14(18)19)13(15)7-10/h3-4,7,11,16H,2,5-6,8-9H2,1H3,(H,18,19). The molecule has 5 nitrogen and oxygen atoms in total. The van der Waals surface area contributed by atoms with Gasteiger partial charge in [-0.3, -0.25) is 4.90 Å². The number of carboxylic acids is 1. The van der Waals surface area contributed by atoms with Crippen LogP contribution in [0.4, 0.5) is 5.69 Å². The van der Waals surface area contributed by atoms with Gasteiger partial charge in [0.05, 0.1) is 18.3 Å². The molecule has 0 bridgehead atoms. The topological polar surface area (TPSA) is 61.8 Å². The quantitative estimate of drug-likeness (QED) is 0.859. The number of rotatable bonds is 5. The Morgan fingerprint density at radius 2 is 2.40 bits per heavy atom. The molecule has 0 spiro atoms. The van der Waals surface area contributed by atoms with Gasteiger partial charge in [0, 0.05) is 29.8 Å². The molecule has 0 radical (unpaired) electrons. The molecule has 0 amide bonds. The molecule has 1 atom stereocenters. The average molecular weight is 343 g/mol. The fraction of sp³-hybridized carbons (Fsp3) is 0.500. The molecular weight excluding hydrogens is 324 g/mol. The van der Waals surface area contributed by atoms with Crippen molar-refractivity contribution in [3.05, 3.63) is 28.2 Å². The van der Waals surface area contributed by atoms with Crippen molar-refractivity contribution in [2.45, 2.75) is 13.0 Å². The summed E-state index contributed by atoms with van der Waals surface area (Å²) >= 11 is 3.27. The van der Waals surface area contributed by atoms with E-state index in [0.29, 0.717) is 4.47 Å². The molecular formula is C14H19BrN2O3. The minimum absolute atomic E-state index is 0.168. The summed E-state index contributed by atoms with van der Waals surface area (Å²) < 4.78 is 6.29. The zero-order valence-electron chi connectivity index (χ0n) is 11.4. The van der Waals surface area contributed by atoms with Crippen molar-refractivity contribution in [1.82, 2.24) is 4.90 Å². The Kier molecular flexibility index (Phi) is 5.39. The first kappa shape index (κ1) is 15.3. The molecule has 1 aliphatic rings. The van der Waals surface area contributed by atoms with E-state index in [9.17, 15) is 4.79 Å². The lowest BCUT2D eigenvalue weighted by atomic mass is 10.2. The Morgan fingerprint density at radius 1 is 1.60 bits per heavy atom. The lowest BCUT2D eigenvalue weighted by Gasteiger charge is -2.32. The number of hydrogen-bond donors (Lipinski definition) is 2. The molecule has 1 aromatic rings. The number of hydrogen-bond acceptors (Lipinski definition) is 4. The minimum atomic E-state index is -0.933. The second-order valence-corrected chi connectivity index (χ2v) is 5.62. The van der Waals surface area contributed by atoms with E-state index in [0.717, 1.165) is 38.5 Å². The smallest absolute Gasteiger partial charge is 0.336 e. The van der Waals surface area contributed by atoms with E-state index in [-0.39, 0.29) is 11.7 Å². The van der Waals surface area contributed by atoms with Crippen LogP contribution in [0, 0.1) is 0 Å². The van der Waals surface area contributed by atoms with Crippen LogP contribution >= 0.6 is 15.9 Å². The first-order valence-electron chi connectivity index (χ1n) is 6.70. The number of nitrogens with zero attached hydrogens (tertiary/aromatic N) is 1. The van der Waals surface area contributed by atoms with Crippen molar-refractivity contribution < 1.29 is 14.6 Å². The van der Waals surface area contributed by atoms with Gasteiger partial charge >= 0.3 is 5.97 Å². The predicted octanol–water partition coefficient (Wildman–Crippen LogP) is 2.28. The molecule has 110 valence electrons. The van der Waals surface area contributed by atoms with Gasteiger partial charge in [-0.1, -0.05) is 6.92 Å². The number of likely N-dealkylation sites (N-methyl/N-ethyl adjacent to an activating group) is 1. The highest BCUT2D eigenvalue weighted by molar-refractivity contribution is 9.10. The highest BCUT2D eigenvalue weighted by Gasteiger charge is 2.19. The largest absolute Gasteiger partial charge is 0.478 e. The highest BCUT2D eigenvalue weighted by atomic mass is 79.9. The molecule has 1 heterocycles. The number of carboxylic acid groups (broad SMARTS) is 1. The lowest BCUT2D eigenvalue weighted by Crippen LogP contribution is -2.45. The zero-order valence-corrected chi connectivity index (χ0v) is 13.0. The third-order valence-electron chi connectivity index (χ3n) is 3.40. The van der Waals surface area contributed by atoms with Crippen LogP contribution in [0.1, 0.15) is 17.3 Å². The zero-order chi connectivity index (χ0) is 14.5. The second kappa shape index (κ2) is 7.06. The summed E-state index contributed by atoms with van der Waals surface area (Å²) in [6.45, 7) is 6.59. The maximum atomic E-state index is 10.9. The van der Waals surface area contributed by atoms with E-state index in [2.05, 4.69) is 33.1 Å². The van der Waals surface area contributed by atoms with E-state index in [1.165, 1.54) is 0 Å². The molecule has 20 heavy (non-hydrogen) atoms. The van der Waals surface area contributed by atoms with Gasteiger partial charge in [0.2, 0.25) is 0 Å². The van der Waals surface area contributed by atoms with Gasteiger partial charge in [-0.25, -0.2) is 4.79 Å². The van der Waals surface area contributed by atoms with Crippen LogP contribution < -0.4 is 5.32 Å². The molecule has 1 aromatic carbocycles. The number of carbonyl (C=O) groups is 1. The number of ether oxygens (including phenoxy) is 1. The highest BCUT2D eigenvalue weighted by Crippen LogP contribution is 2.21. The van der Waals surface area contributed by atoms with Crippen molar-refractivity contribution in [2.24, 2.45) is 0 Å². The van der Waals surface area contributed by atoms with Crippen LogP contribution in [-0.4, -0.2) is 54.9 Å². The van der Waals surface area contributed by atoms with Crippen LogP contribution in [0.3, 0.4) is 0 Å². The minimum Gasteiger partial charge on any atom is -0.478 e. The lowest BCUT2D eigenvalue weighted by molar-refractivity contribution is -0.0191. The molecule has 0 aliphatic carbocycles. The van der Waals surface area contributed by atoms with E-state index in [1.807, 2.05) is 0 Å². The Bertz CT molecular complexity index is 481. The maximum Gasteiger partial charge on any atom is 0.336 e. The summed E-state index contributed by atoms with van der Waals surface area (Å²) in [5, 5.41) is 12.3. The van der Waals surface area contributed by atoms with Gasteiger partial charge in [-0.05, 0) is 40.7 Å². The van der Waals surface area contributed by atoms with Crippen LogP contribution in [0.5, 0.6) is 0 Å². The number of halogens is 1. The Hall–Kier alpha value is -1.11. The molecule has 1 fully saturated rings. The molecule has 6 heteroatoms. The maximum absolute atomic E-state index is 10.9. The third-order valence-corrected chi connectivity index (χ3v) is 4.06. The van der Waals surface area contributed by atoms with Crippen molar-refractivity contribution in [2.75, 3.05) is 38.1 Å². The van der Waals surface area contributed by atoms with Gasteiger partial charge < -0.3 is 15.2 Å². The molecule has 0 aromatic heterocycles. The fourth-order valence-corrected chi connectivity index (χ4v) is 2.77. The molecule has 1 aliphatic heterocycles. The van der Waals surface area contributed by atoms with Gasteiger partial charge in [0.15, 0.2) is 0 Å². The Balaban J connectivity index is 1.91. The molecule has 0 saturated carbocycles. The van der Waals surface area contributed by atoms with Gasteiger partial charge in [-0.15, -0.1) is 0 Å². The van der Waals surface area contributed by atoms with Gasteiger partial charge in [-0.2, -0.15) is 0 Å². The van der Waals surface area contributed by atoms with Crippen LogP contribution in [0.15, 0.2) is 22.7 Å². The average Bonchev–Trinajstić information content (AvgIpc) is 2.45. The summed E-state index contributed by atoms with van der Waals surface area (Å²) in [6, 6.07) is 5.15. The summed E-state index contributed by atoms with van der Waals surface area (Å²) in [6.07, 6.45) is 0.168. The van der Waals surface area contributed by atoms with Crippen LogP contribution in [0.2, 0.25) is 0 Å². The summed E-state index contributed by atoms with van der Waals surface area (Å²) in [7, 11) is 0. The number of nitrogens with one attached hydrogen (secondary N) is 1. The third kappa shape index (κ3) is 3.94. The first-order chi connectivity index (χ1) is 9.60. The van der Waals surface area contributed by atoms with Gasteiger partial charge in [0.1, 0.15) is 0 Å². The number of aromatic carboxylic acids is 1. The van der Waals surface area contributed by atoms with E-state index < -0.39 is 5.97 Å². The number of benzene rings is 1. The monoisotopic (exact) mass is 342 g/mol. The van der Waals surface area contributed by atoms with Crippen molar-refractivity contribution >= 4 is 27.6 Å². The molecule has 1 unspecified atom stereocenters. The fourth-order valence-electron chi connectivity index (χ4n) is 2.22. The van der Waals surface area contributed by atoms with Crippen LogP contribution in [-0.2, 0) is 4.74 Å². The molecule has 1 saturated heterocycles. The van der Waals surface area contributed by atoms with E-state index in [4.69, 9.17) is 9.84 Å². The SMILES string of the molecule is CCN1CCOC(CNc2ccc(C(=O)O)c(Br)c2)C1. The normalized spacial score (nSPS) is 19.8. The van der Waals surface area contributed by atoms with Crippen molar-refractivity contribution in [3.8, 4) is 0 Å². The van der Waals surface area contributed by atoms with Crippen LogP contribution in [0.25, 0.3) is 0 Å². The number of anilines is 1. The second-order valence-electron chi connectivity index (χ2n) is 4.77.